The van der Waals surface area contributed by atoms with Gasteiger partial charge in [0.2, 0.25) is 0 Å². The van der Waals surface area contributed by atoms with Crippen molar-refractivity contribution in [3.8, 4) is 5.75 Å². The smallest absolute Gasteiger partial charge is 0.339 e. The van der Waals surface area contributed by atoms with E-state index in [0.29, 0.717) is 29.5 Å². The summed E-state index contributed by atoms with van der Waals surface area (Å²) in [7, 11) is 0. The van der Waals surface area contributed by atoms with E-state index in [1.165, 1.54) is 0 Å². The first-order valence-electron chi connectivity index (χ1n) is 10.4. The zero-order valence-electron chi connectivity index (χ0n) is 17.6. The SMILES string of the molecule is CCCCCCOC(=O)c1c(CC)c(CC)c(N)c(O)c1C(=O)c1ccccc1. The van der Waals surface area contributed by atoms with Gasteiger partial charge in [-0.2, -0.15) is 0 Å². The predicted octanol–water partition coefficient (Wildman–Crippen LogP) is 5.07. The van der Waals surface area contributed by atoms with Gasteiger partial charge in [0.05, 0.1) is 23.4 Å². The number of phenolic OH excluding ortho intramolecular Hbond substituents is 1. The highest BCUT2D eigenvalue weighted by Gasteiger charge is 2.30. The van der Waals surface area contributed by atoms with Crippen LogP contribution < -0.4 is 5.73 Å². The maximum absolute atomic E-state index is 13.2. The molecular weight excluding hydrogens is 366 g/mol. The number of hydrogen-bond donors (Lipinski definition) is 2. The topological polar surface area (TPSA) is 89.6 Å². The van der Waals surface area contributed by atoms with E-state index in [9.17, 15) is 14.7 Å². The molecule has 0 unspecified atom stereocenters. The molecule has 0 bridgehead atoms. The van der Waals surface area contributed by atoms with Gasteiger partial charge in [-0.05, 0) is 30.4 Å². The number of esters is 1. The zero-order chi connectivity index (χ0) is 21.4. The normalized spacial score (nSPS) is 10.7. The summed E-state index contributed by atoms with van der Waals surface area (Å²) in [6, 6.07) is 8.57. The van der Waals surface area contributed by atoms with E-state index in [-0.39, 0.29) is 29.2 Å². The fourth-order valence-electron chi connectivity index (χ4n) is 3.60. The number of carbonyl (C=O) groups excluding carboxylic acids is 2. The minimum atomic E-state index is -0.581. The van der Waals surface area contributed by atoms with Crippen molar-refractivity contribution in [3.63, 3.8) is 0 Å². The van der Waals surface area contributed by atoms with Crippen LogP contribution in [0.3, 0.4) is 0 Å². The first kappa shape index (κ1) is 22.5. The van der Waals surface area contributed by atoms with E-state index in [1.54, 1.807) is 30.3 Å². The second-order valence-electron chi connectivity index (χ2n) is 7.07. The minimum absolute atomic E-state index is 0.0682. The first-order chi connectivity index (χ1) is 14.0. The molecule has 0 aliphatic heterocycles. The van der Waals surface area contributed by atoms with Crippen LogP contribution in [0.1, 0.15) is 83.9 Å². The zero-order valence-corrected chi connectivity index (χ0v) is 17.6. The number of benzene rings is 2. The second-order valence-corrected chi connectivity index (χ2v) is 7.07. The number of unbranched alkanes of at least 4 members (excludes halogenated alkanes) is 3. The molecule has 0 saturated heterocycles. The highest BCUT2D eigenvalue weighted by molar-refractivity contribution is 6.17. The van der Waals surface area contributed by atoms with E-state index >= 15 is 0 Å². The number of ether oxygens (including phenoxy) is 1. The lowest BCUT2D eigenvalue weighted by atomic mass is 9.87. The van der Waals surface area contributed by atoms with Gasteiger partial charge in [-0.3, -0.25) is 4.79 Å². The van der Waals surface area contributed by atoms with Crippen molar-refractivity contribution in [2.75, 3.05) is 12.3 Å². The van der Waals surface area contributed by atoms with Crippen molar-refractivity contribution in [1.82, 2.24) is 0 Å². The molecule has 0 heterocycles. The first-order valence-corrected chi connectivity index (χ1v) is 10.4. The van der Waals surface area contributed by atoms with Crippen molar-refractivity contribution in [1.29, 1.82) is 0 Å². The molecule has 3 N–H and O–H groups in total. The van der Waals surface area contributed by atoms with Crippen molar-refractivity contribution < 1.29 is 19.4 Å². The molecule has 0 amide bonds. The van der Waals surface area contributed by atoms with Gasteiger partial charge in [0.1, 0.15) is 0 Å². The van der Waals surface area contributed by atoms with Gasteiger partial charge in [0.25, 0.3) is 0 Å². The average Bonchev–Trinajstić information content (AvgIpc) is 2.74. The van der Waals surface area contributed by atoms with Gasteiger partial charge < -0.3 is 15.6 Å². The molecule has 0 aromatic heterocycles. The van der Waals surface area contributed by atoms with Gasteiger partial charge in [-0.15, -0.1) is 0 Å². The Morgan fingerprint density at radius 1 is 0.931 bits per heavy atom. The van der Waals surface area contributed by atoms with Crippen LogP contribution in [0.2, 0.25) is 0 Å². The number of anilines is 1. The fourth-order valence-corrected chi connectivity index (χ4v) is 3.60. The summed E-state index contributed by atoms with van der Waals surface area (Å²) in [5, 5.41) is 10.8. The molecule has 0 radical (unpaired) electrons. The van der Waals surface area contributed by atoms with Gasteiger partial charge in [0, 0.05) is 5.56 Å². The maximum Gasteiger partial charge on any atom is 0.339 e. The van der Waals surface area contributed by atoms with Crippen molar-refractivity contribution >= 4 is 17.4 Å². The summed E-state index contributed by atoms with van der Waals surface area (Å²) in [4.78, 5) is 26.2. The number of hydrogen-bond acceptors (Lipinski definition) is 5. The van der Waals surface area contributed by atoms with Gasteiger partial charge in [-0.1, -0.05) is 70.4 Å². The Morgan fingerprint density at radius 2 is 1.59 bits per heavy atom. The molecule has 0 fully saturated rings. The monoisotopic (exact) mass is 397 g/mol. The summed E-state index contributed by atoms with van der Waals surface area (Å²) in [5.41, 5.74) is 8.12. The standard InChI is InChI=1S/C24H31NO4/c1-4-7-8-12-15-29-24(28)19-17(5-2)18(6-3)21(25)23(27)20(19)22(26)16-13-10-9-11-14-16/h9-11,13-14,27H,4-8,12,15,25H2,1-3H3. The van der Waals surface area contributed by atoms with E-state index in [0.717, 1.165) is 25.7 Å². The van der Waals surface area contributed by atoms with E-state index in [2.05, 4.69) is 6.92 Å². The third-order valence-electron chi connectivity index (χ3n) is 5.14. The van der Waals surface area contributed by atoms with Gasteiger partial charge in [-0.25, -0.2) is 4.79 Å². The molecule has 2 aromatic carbocycles. The Bertz CT molecular complexity index is 859. The lowest BCUT2D eigenvalue weighted by Crippen LogP contribution is -2.19. The minimum Gasteiger partial charge on any atom is -0.505 e. The summed E-state index contributed by atoms with van der Waals surface area (Å²) in [6.45, 7) is 6.21. The van der Waals surface area contributed by atoms with E-state index in [4.69, 9.17) is 10.5 Å². The van der Waals surface area contributed by atoms with E-state index < -0.39 is 11.8 Å². The summed E-state index contributed by atoms with van der Waals surface area (Å²) >= 11 is 0. The second kappa shape index (κ2) is 10.6. The molecule has 5 heteroatoms. The van der Waals surface area contributed by atoms with Crippen LogP contribution in [0.5, 0.6) is 5.75 Å². The van der Waals surface area contributed by atoms with Crippen LogP contribution >= 0.6 is 0 Å². The number of ketones is 1. The molecule has 2 aromatic rings. The van der Waals surface area contributed by atoms with E-state index in [1.807, 2.05) is 13.8 Å². The molecular formula is C24H31NO4. The van der Waals surface area contributed by atoms with Crippen LogP contribution in [-0.2, 0) is 17.6 Å². The lowest BCUT2D eigenvalue weighted by Gasteiger charge is -2.20. The predicted molar refractivity (Wildman–Crippen MR) is 116 cm³/mol. The Hall–Kier alpha value is -2.82. The largest absolute Gasteiger partial charge is 0.505 e. The number of rotatable bonds is 10. The maximum atomic E-state index is 13.2. The molecule has 0 spiro atoms. The quantitative estimate of drug-likeness (QED) is 0.192. The number of carbonyl (C=O) groups is 2. The highest BCUT2D eigenvalue weighted by Crippen LogP contribution is 2.38. The number of nitrogens with two attached hydrogens (primary N) is 1. The number of nitrogen functional groups attached to an aromatic ring is 1. The summed E-state index contributed by atoms with van der Waals surface area (Å²) < 4.78 is 5.50. The number of aromatic hydroxyl groups is 1. The van der Waals surface area contributed by atoms with Crippen LogP contribution in [-0.4, -0.2) is 23.5 Å². The molecule has 0 atom stereocenters. The molecule has 0 aliphatic carbocycles. The Balaban J connectivity index is 2.54. The van der Waals surface area contributed by atoms with Crippen LogP contribution in [0.15, 0.2) is 30.3 Å². The van der Waals surface area contributed by atoms with Crippen LogP contribution in [0.25, 0.3) is 0 Å². The molecule has 0 saturated carbocycles. The summed E-state index contributed by atoms with van der Waals surface area (Å²) in [6.07, 6.45) is 4.97. The molecule has 0 aliphatic rings. The fraction of sp³-hybridized carbons (Fsp3) is 0.417. The van der Waals surface area contributed by atoms with Crippen LogP contribution in [0.4, 0.5) is 5.69 Å². The average molecular weight is 398 g/mol. The molecule has 5 nitrogen and oxygen atoms in total. The Kier molecular flexibility index (Phi) is 8.25. The van der Waals surface area contributed by atoms with Gasteiger partial charge >= 0.3 is 5.97 Å². The lowest BCUT2D eigenvalue weighted by molar-refractivity contribution is 0.0493. The number of phenols is 1. The molecule has 156 valence electrons. The highest BCUT2D eigenvalue weighted by atomic mass is 16.5. The Labute approximate surface area is 172 Å². The third-order valence-corrected chi connectivity index (χ3v) is 5.14. The van der Waals surface area contributed by atoms with Gasteiger partial charge in [0.15, 0.2) is 11.5 Å². The Morgan fingerprint density at radius 3 is 2.17 bits per heavy atom. The van der Waals surface area contributed by atoms with Crippen LogP contribution in [0, 0.1) is 0 Å². The molecule has 2 rings (SSSR count). The summed E-state index contributed by atoms with van der Waals surface area (Å²) in [5.74, 6) is -1.36. The third kappa shape index (κ3) is 4.97. The molecule has 29 heavy (non-hydrogen) atoms. The van der Waals surface area contributed by atoms with Crippen molar-refractivity contribution in [2.45, 2.75) is 59.3 Å². The van der Waals surface area contributed by atoms with Crippen molar-refractivity contribution in [3.05, 3.63) is 58.1 Å². The van der Waals surface area contributed by atoms with Crippen molar-refractivity contribution in [2.24, 2.45) is 0 Å².